The molecule has 1 rings (SSSR count). The minimum Gasteiger partial charge on any atom is -0.312 e. The number of benzene rings is 1. The highest BCUT2D eigenvalue weighted by atomic mass is 32.2. The first-order chi connectivity index (χ1) is 9.40. The first-order valence-corrected chi connectivity index (χ1v) is 9.09. The normalized spacial score (nSPS) is 13.4. The molecule has 1 nitrogen and oxygen atoms in total. The molecule has 114 valence electrons. The van der Waals surface area contributed by atoms with E-state index >= 15 is 0 Å². The van der Waals surface area contributed by atoms with Gasteiger partial charge in [-0.05, 0) is 77.0 Å². The minimum absolute atomic E-state index is 0.213. The molecule has 20 heavy (non-hydrogen) atoms. The van der Waals surface area contributed by atoms with E-state index in [1.54, 1.807) is 0 Å². The van der Waals surface area contributed by atoms with E-state index < -0.39 is 0 Å². The summed E-state index contributed by atoms with van der Waals surface area (Å²) in [5, 5.41) is 3.68. The summed E-state index contributed by atoms with van der Waals surface area (Å²) in [6, 6.07) is 8.96. The summed E-state index contributed by atoms with van der Waals surface area (Å²) in [6.07, 6.45) is 6.03. The van der Waals surface area contributed by atoms with Crippen molar-refractivity contribution in [3.8, 4) is 0 Å². The van der Waals surface area contributed by atoms with Crippen LogP contribution in [0.3, 0.4) is 0 Å². The SMILES string of the molecule is CSCCCC(CNC(C)(C)C)Cc1cccc(C)c1. The molecule has 1 N–H and O–H groups in total. The van der Waals surface area contributed by atoms with Crippen molar-refractivity contribution in [2.75, 3.05) is 18.6 Å². The largest absolute Gasteiger partial charge is 0.312 e. The molecule has 1 atom stereocenters. The lowest BCUT2D eigenvalue weighted by molar-refractivity contribution is 0.355. The Bertz CT molecular complexity index is 381. The zero-order valence-electron chi connectivity index (χ0n) is 13.8. The fourth-order valence-corrected chi connectivity index (χ4v) is 2.87. The van der Waals surface area contributed by atoms with Crippen molar-refractivity contribution < 1.29 is 0 Å². The van der Waals surface area contributed by atoms with Gasteiger partial charge < -0.3 is 5.32 Å². The van der Waals surface area contributed by atoms with Crippen LogP contribution in [0.15, 0.2) is 24.3 Å². The lowest BCUT2D eigenvalue weighted by Crippen LogP contribution is -2.39. The highest BCUT2D eigenvalue weighted by Gasteiger charge is 2.14. The third-order valence-electron chi connectivity index (χ3n) is 3.49. The summed E-state index contributed by atoms with van der Waals surface area (Å²) in [4.78, 5) is 0. The van der Waals surface area contributed by atoms with Crippen LogP contribution in [0.5, 0.6) is 0 Å². The second-order valence-corrected chi connectivity index (χ2v) is 7.81. The third kappa shape index (κ3) is 7.96. The Morgan fingerprint density at radius 2 is 2.00 bits per heavy atom. The van der Waals surface area contributed by atoms with Crippen LogP contribution in [-0.4, -0.2) is 24.1 Å². The number of aryl methyl sites for hydroxylation is 1. The van der Waals surface area contributed by atoms with E-state index in [-0.39, 0.29) is 5.54 Å². The van der Waals surface area contributed by atoms with E-state index in [1.165, 1.54) is 36.1 Å². The molecule has 0 aliphatic rings. The van der Waals surface area contributed by atoms with E-state index in [0.717, 1.165) is 12.5 Å². The van der Waals surface area contributed by atoms with Gasteiger partial charge in [-0.15, -0.1) is 0 Å². The van der Waals surface area contributed by atoms with Gasteiger partial charge in [0.15, 0.2) is 0 Å². The molecule has 0 aromatic heterocycles. The summed E-state index contributed by atoms with van der Waals surface area (Å²) in [7, 11) is 0. The van der Waals surface area contributed by atoms with Crippen LogP contribution in [0.25, 0.3) is 0 Å². The number of hydrogen-bond acceptors (Lipinski definition) is 2. The second-order valence-electron chi connectivity index (χ2n) is 6.83. The summed E-state index contributed by atoms with van der Waals surface area (Å²) in [5.41, 5.74) is 3.06. The molecular formula is C18H31NS. The number of thioether (sulfide) groups is 1. The number of hydrogen-bond donors (Lipinski definition) is 1. The van der Waals surface area contributed by atoms with E-state index in [2.05, 4.69) is 63.5 Å². The van der Waals surface area contributed by atoms with Crippen LogP contribution in [0.4, 0.5) is 0 Å². The molecule has 1 aromatic carbocycles. The van der Waals surface area contributed by atoms with Gasteiger partial charge in [0.1, 0.15) is 0 Å². The predicted octanol–water partition coefficient (Wildman–Crippen LogP) is 4.69. The molecule has 0 saturated heterocycles. The van der Waals surface area contributed by atoms with Crippen molar-refractivity contribution in [2.45, 2.75) is 52.5 Å². The smallest absolute Gasteiger partial charge is 0.00966 e. The van der Waals surface area contributed by atoms with E-state index in [0.29, 0.717) is 0 Å². The van der Waals surface area contributed by atoms with Crippen LogP contribution >= 0.6 is 11.8 Å². The van der Waals surface area contributed by atoms with Crippen LogP contribution in [0.1, 0.15) is 44.7 Å². The highest BCUT2D eigenvalue weighted by molar-refractivity contribution is 7.98. The van der Waals surface area contributed by atoms with Crippen LogP contribution < -0.4 is 5.32 Å². The first kappa shape index (κ1) is 17.6. The second kappa shape index (κ2) is 8.74. The summed E-state index contributed by atoms with van der Waals surface area (Å²) in [5.74, 6) is 2.02. The third-order valence-corrected chi connectivity index (χ3v) is 4.19. The topological polar surface area (TPSA) is 12.0 Å². The van der Waals surface area contributed by atoms with Gasteiger partial charge in [-0.1, -0.05) is 29.8 Å². The lowest BCUT2D eigenvalue weighted by atomic mass is 9.93. The van der Waals surface area contributed by atoms with Crippen LogP contribution in [0.2, 0.25) is 0 Å². The fourth-order valence-electron chi connectivity index (χ4n) is 2.42. The Kier molecular flexibility index (Phi) is 7.68. The molecule has 0 saturated carbocycles. The molecule has 0 bridgehead atoms. The van der Waals surface area contributed by atoms with Gasteiger partial charge in [0.25, 0.3) is 0 Å². The van der Waals surface area contributed by atoms with Crippen molar-refractivity contribution in [3.63, 3.8) is 0 Å². The van der Waals surface area contributed by atoms with Crippen molar-refractivity contribution >= 4 is 11.8 Å². The maximum Gasteiger partial charge on any atom is 0.00966 e. The highest BCUT2D eigenvalue weighted by Crippen LogP contribution is 2.17. The molecule has 0 radical (unpaired) electrons. The Labute approximate surface area is 129 Å². The average molecular weight is 294 g/mol. The van der Waals surface area contributed by atoms with Gasteiger partial charge >= 0.3 is 0 Å². The molecule has 2 heteroatoms. The van der Waals surface area contributed by atoms with E-state index in [1.807, 2.05) is 11.8 Å². The summed E-state index contributed by atoms with van der Waals surface area (Å²) in [6.45, 7) is 10.0. The van der Waals surface area contributed by atoms with Gasteiger partial charge in [-0.25, -0.2) is 0 Å². The molecule has 0 aliphatic heterocycles. The minimum atomic E-state index is 0.213. The van der Waals surface area contributed by atoms with Crippen molar-refractivity contribution in [3.05, 3.63) is 35.4 Å². The van der Waals surface area contributed by atoms with E-state index in [4.69, 9.17) is 0 Å². The van der Waals surface area contributed by atoms with Crippen molar-refractivity contribution in [2.24, 2.45) is 5.92 Å². The van der Waals surface area contributed by atoms with Crippen molar-refractivity contribution in [1.82, 2.24) is 5.32 Å². The molecule has 0 amide bonds. The zero-order chi connectivity index (χ0) is 15.0. The molecule has 0 heterocycles. The Balaban J connectivity index is 2.56. The molecule has 1 aromatic rings. The molecule has 0 aliphatic carbocycles. The van der Waals surface area contributed by atoms with E-state index in [9.17, 15) is 0 Å². The van der Waals surface area contributed by atoms with Gasteiger partial charge in [0.2, 0.25) is 0 Å². The predicted molar refractivity (Wildman–Crippen MR) is 93.7 cm³/mol. The molecule has 0 spiro atoms. The Morgan fingerprint density at radius 1 is 1.25 bits per heavy atom. The van der Waals surface area contributed by atoms with Gasteiger partial charge in [-0.3, -0.25) is 0 Å². The average Bonchev–Trinajstić information content (AvgIpc) is 2.35. The van der Waals surface area contributed by atoms with Gasteiger partial charge in [-0.2, -0.15) is 11.8 Å². The Morgan fingerprint density at radius 3 is 2.60 bits per heavy atom. The molecule has 0 fully saturated rings. The lowest BCUT2D eigenvalue weighted by Gasteiger charge is -2.25. The number of rotatable bonds is 8. The summed E-state index contributed by atoms with van der Waals surface area (Å²) >= 11 is 1.96. The van der Waals surface area contributed by atoms with Crippen LogP contribution in [-0.2, 0) is 6.42 Å². The quantitative estimate of drug-likeness (QED) is 0.698. The fraction of sp³-hybridized carbons (Fsp3) is 0.667. The standard InChI is InChI=1S/C18H31NS/c1-15-8-6-9-16(12-15)13-17(10-7-11-20-5)14-19-18(2,3)4/h6,8-9,12,17,19H,7,10-11,13-14H2,1-5H3. The zero-order valence-corrected chi connectivity index (χ0v) is 14.6. The monoisotopic (exact) mass is 293 g/mol. The maximum atomic E-state index is 3.68. The summed E-state index contributed by atoms with van der Waals surface area (Å²) < 4.78 is 0. The van der Waals surface area contributed by atoms with Crippen LogP contribution in [0, 0.1) is 12.8 Å². The van der Waals surface area contributed by atoms with Gasteiger partial charge in [0, 0.05) is 5.54 Å². The van der Waals surface area contributed by atoms with Crippen molar-refractivity contribution in [1.29, 1.82) is 0 Å². The molecule has 1 unspecified atom stereocenters. The first-order valence-electron chi connectivity index (χ1n) is 7.70. The maximum absolute atomic E-state index is 3.68. The van der Waals surface area contributed by atoms with Gasteiger partial charge in [0.05, 0.1) is 0 Å². The Hall–Kier alpha value is -0.470. The number of nitrogens with one attached hydrogen (secondary N) is 1. The molecular weight excluding hydrogens is 262 g/mol.